The molecule has 0 radical (unpaired) electrons. The average Bonchev–Trinajstić information content (AvgIpc) is 2.32. The number of allylic oxidation sites excluding steroid dienone is 1. The Morgan fingerprint density at radius 1 is 1.06 bits per heavy atom. The second kappa shape index (κ2) is 6.57. The van der Waals surface area contributed by atoms with Gasteiger partial charge in [0, 0.05) is 12.4 Å². The number of aromatic nitrogens is 1. The van der Waals surface area contributed by atoms with Crippen LogP contribution in [0.15, 0.2) is 61.4 Å². The molecule has 0 bridgehead atoms. The number of hydrogen-bond acceptors (Lipinski definition) is 1. The number of pyridine rings is 1. The molecular weight excluding hydrogens is 194 g/mol. The summed E-state index contributed by atoms with van der Waals surface area (Å²) in [6.45, 7) is 7.84. The Bertz CT molecular complexity index is 418. The van der Waals surface area contributed by atoms with Gasteiger partial charge in [0.2, 0.25) is 0 Å². The minimum Gasteiger partial charge on any atom is -0.264 e. The maximum absolute atomic E-state index is 3.95. The Morgan fingerprint density at radius 3 is 2.06 bits per heavy atom. The zero-order valence-corrected chi connectivity index (χ0v) is 9.85. The van der Waals surface area contributed by atoms with Crippen LogP contribution in [0, 0.1) is 6.92 Å². The number of nitrogens with zero attached hydrogens (tertiary/aromatic N) is 1. The van der Waals surface area contributed by atoms with Gasteiger partial charge in [0.15, 0.2) is 0 Å². The maximum Gasteiger partial charge on any atom is 0.0342 e. The topological polar surface area (TPSA) is 12.9 Å². The highest BCUT2D eigenvalue weighted by molar-refractivity contribution is 5.59. The summed E-state index contributed by atoms with van der Waals surface area (Å²) in [5, 5.41) is 0. The van der Waals surface area contributed by atoms with Gasteiger partial charge in [0.25, 0.3) is 0 Å². The molecule has 0 amide bonds. The molecule has 2 aromatic rings. The van der Waals surface area contributed by atoms with Gasteiger partial charge in [0.1, 0.15) is 0 Å². The molecule has 0 aliphatic carbocycles. The molecule has 16 heavy (non-hydrogen) atoms. The Balaban J connectivity index is 0.000000165. The van der Waals surface area contributed by atoms with E-state index in [0.29, 0.717) is 0 Å². The van der Waals surface area contributed by atoms with E-state index in [4.69, 9.17) is 0 Å². The first-order chi connectivity index (χ1) is 7.70. The van der Waals surface area contributed by atoms with Crippen molar-refractivity contribution in [2.75, 3.05) is 0 Å². The molecule has 0 spiro atoms. The van der Waals surface area contributed by atoms with E-state index in [1.165, 1.54) is 5.56 Å². The van der Waals surface area contributed by atoms with E-state index >= 15 is 0 Å². The summed E-state index contributed by atoms with van der Waals surface area (Å²) in [6, 6.07) is 14.2. The van der Waals surface area contributed by atoms with E-state index in [-0.39, 0.29) is 0 Å². The zero-order chi connectivity index (χ0) is 11.8. The monoisotopic (exact) mass is 211 g/mol. The molecule has 0 aliphatic rings. The lowest BCUT2D eigenvalue weighted by Gasteiger charge is -1.93. The average molecular weight is 211 g/mol. The number of aryl methyl sites for hydroxylation is 1. The lowest BCUT2D eigenvalue weighted by molar-refractivity contribution is 1.31. The fourth-order valence-corrected chi connectivity index (χ4v) is 1.15. The van der Waals surface area contributed by atoms with Crippen molar-refractivity contribution >= 4 is 5.57 Å². The van der Waals surface area contributed by atoms with Crippen LogP contribution in [0.3, 0.4) is 0 Å². The highest BCUT2D eigenvalue weighted by Crippen LogP contribution is 2.06. The summed E-state index contributed by atoms with van der Waals surface area (Å²) in [4.78, 5) is 3.95. The van der Waals surface area contributed by atoms with E-state index in [9.17, 15) is 0 Å². The smallest absolute Gasteiger partial charge is 0.0342 e. The lowest BCUT2D eigenvalue weighted by Crippen LogP contribution is -1.76. The molecule has 0 atom stereocenters. The van der Waals surface area contributed by atoms with Crippen molar-refractivity contribution in [3.8, 4) is 0 Å². The van der Waals surface area contributed by atoms with Crippen molar-refractivity contribution in [1.29, 1.82) is 0 Å². The van der Waals surface area contributed by atoms with Crippen LogP contribution in [0.2, 0.25) is 0 Å². The normalized spacial score (nSPS) is 8.88. The highest BCUT2D eigenvalue weighted by atomic mass is 14.6. The molecule has 0 saturated carbocycles. The van der Waals surface area contributed by atoms with E-state index in [1.807, 2.05) is 43.5 Å². The summed E-state index contributed by atoms with van der Waals surface area (Å²) in [5.41, 5.74) is 3.49. The minimum absolute atomic E-state index is 1.06. The third-order valence-corrected chi connectivity index (χ3v) is 2.09. The van der Waals surface area contributed by atoms with Gasteiger partial charge in [-0.15, -0.1) is 0 Å². The predicted octanol–water partition coefficient (Wildman–Crippen LogP) is 4.11. The number of rotatable bonds is 1. The number of hydrogen-bond donors (Lipinski definition) is 0. The standard InChI is InChI=1S/C8H9N.C7H8/c1-7(2)8-4-3-5-9-6-8;1-7-5-3-2-4-6-7/h3-6H,1H2,2H3;2-6H,1H3. The van der Waals surface area contributed by atoms with Crippen molar-refractivity contribution < 1.29 is 0 Å². The molecule has 0 aliphatic heterocycles. The Kier molecular flexibility index (Phi) is 5.00. The van der Waals surface area contributed by atoms with E-state index < -0.39 is 0 Å². The SMILES string of the molecule is C=C(C)c1cccnc1.Cc1ccccc1. The fraction of sp³-hybridized carbons (Fsp3) is 0.133. The molecule has 0 N–H and O–H groups in total. The first kappa shape index (κ1) is 12.2. The highest BCUT2D eigenvalue weighted by Gasteiger charge is 1.87. The molecule has 1 heterocycles. The Hall–Kier alpha value is -1.89. The molecule has 82 valence electrons. The van der Waals surface area contributed by atoms with E-state index in [1.54, 1.807) is 6.20 Å². The molecule has 1 aromatic heterocycles. The van der Waals surface area contributed by atoms with Crippen LogP contribution < -0.4 is 0 Å². The fourth-order valence-electron chi connectivity index (χ4n) is 1.15. The quantitative estimate of drug-likeness (QED) is 0.691. The van der Waals surface area contributed by atoms with Gasteiger partial charge in [-0.2, -0.15) is 0 Å². The second-order valence-corrected chi connectivity index (χ2v) is 3.68. The van der Waals surface area contributed by atoms with Crippen LogP contribution in [0.1, 0.15) is 18.1 Å². The minimum atomic E-state index is 1.06. The molecule has 0 fully saturated rings. The van der Waals surface area contributed by atoms with Crippen molar-refractivity contribution in [2.24, 2.45) is 0 Å². The van der Waals surface area contributed by atoms with Crippen LogP contribution in [-0.2, 0) is 0 Å². The van der Waals surface area contributed by atoms with Gasteiger partial charge >= 0.3 is 0 Å². The summed E-state index contributed by atoms with van der Waals surface area (Å²) in [7, 11) is 0. The molecule has 0 saturated heterocycles. The predicted molar refractivity (Wildman–Crippen MR) is 70.1 cm³/mol. The van der Waals surface area contributed by atoms with Gasteiger partial charge in [-0.05, 0) is 31.1 Å². The van der Waals surface area contributed by atoms with Crippen LogP contribution in [0.4, 0.5) is 0 Å². The number of benzene rings is 1. The van der Waals surface area contributed by atoms with Gasteiger partial charge in [-0.25, -0.2) is 0 Å². The van der Waals surface area contributed by atoms with Crippen LogP contribution in [-0.4, -0.2) is 4.98 Å². The molecule has 1 aromatic carbocycles. The van der Waals surface area contributed by atoms with Gasteiger partial charge in [-0.3, -0.25) is 4.98 Å². The largest absolute Gasteiger partial charge is 0.264 e. The Labute approximate surface area is 97.5 Å². The summed E-state index contributed by atoms with van der Waals surface area (Å²) < 4.78 is 0. The van der Waals surface area contributed by atoms with Crippen molar-refractivity contribution in [3.05, 3.63) is 72.6 Å². The first-order valence-electron chi connectivity index (χ1n) is 5.27. The Morgan fingerprint density at radius 2 is 1.75 bits per heavy atom. The molecule has 2 rings (SSSR count). The summed E-state index contributed by atoms with van der Waals surface area (Å²) in [5.74, 6) is 0. The van der Waals surface area contributed by atoms with Crippen LogP contribution >= 0.6 is 0 Å². The van der Waals surface area contributed by atoms with Crippen molar-refractivity contribution in [2.45, 2.75) is 13.8 Å². The lowest BCUT2D eigenvalue weighted by atomic mass is 10.2. The van der Waals surface area contributed by atoms with E-state index in [2.05, 4.69) is 30.6 Å². The molecule has 1 nitrogen and oxygen atoms in total. The van der Waals surface area contributed by atoms with Crippen molar-refractivity contribution in [1.82, 2.24) is 4.98 Å². The van der Waals surface area contributed by atoms with Gasteiger partial charge in [-0.1, -0.05) is 48.5 Å². The van der Waals surface area contributed by atoms with Crippen molar-refractivity contribution in [3.63, 3.8) is 0 Å². The van der Waals surface area contributed by atoms with Gasteiger partial charge < -0.3 is 0 Å². The molecule has 1 heteroatoms. The van der Waals surface area contributed by atoms with Crippen LogP contribution in [0.25, 0.3) is 5.57 Å². The van der Waals surface area contributed by atoms with E-state index in [0.717, 1.165) is 11.1 Å². The maximum atomic E-state index is 3.95. The summed E-state index contributed by atoms with van der Waals surface area (Å²) in [6.07, 6.45) is 3.56. The van der Waals surface area contributed by atoms with Gasteiger partial charge in [0.05, 0.1) is 0 Å². The third-order valence-electron chi connectivity index (χ3n) is 2.09. The summed E-state index contributed by atoms with van der Waals surface area (Å²) >= 11 is 0. The molecule has 0 unspecified atom stereocenters. The second-order valence-electron chi connectivity index (χ2n) is 3.68. The zero-order valence-electron chi connectivity index (χ0n) is 9.85. The first-order valence-corrected chi connectivity index (χ1v) is 5.27. The van der Waals surface area contributed by atoms with Crippen LogP contribution in [0.5, 0.6) is 0 Å². The third kappa shape index (κ3) is 4.56. The molecular formula is C15H17N.